The number of hydrogen-bond donors (Lipinski definition) is 1. The van der Waals surface area contributed by atoms with Crippen LogP contribution < -0.4 is 10.1 Å². The van der Waals surface area contributed by atoms with E-state index in [0.717, 1.165) is 44.7 Å². The van der Waals surface area contributed by atoms with E-state index in [9.17, 15) is 4.79 Å². The van der Waals surface area contributed by atoms with E-state index in [1.54, 1.807) is 6.20 Å². The van der Waals surface area contributed by atoms with Crippen LogP contribution in [-0.2, 0) is 11.3 Å². The summed E-state index contributed by atoms with van der Waals surface area (Å²) in [5, 5.41) is 2.98. The Balaban J connectivity index is 1.41. The third-order valence-corrected chi connectivity index (χ3v) is 4.54. The Bertz CT molecular complexity index is 540. The van der Waals surface area contributed by atoms with Gasteiger partial charge in [0.1, 0.15) is 0 Å². The van der Waals surface area contributed by atoms with Crippen LogP contribution in [0.4, 0.5) is 4.79 Å². The molecule has 1 aliphatic heterocycles. The van der Waals surface area contributed by atoms with E-state index < -0.39 is 0 Å². The zero-order chi connectivity index (χ0) is 16.8. The molecule has 1 N–H and O–H groups in total. The standard InChI is InChI=1S/C18H27N3O3/c1-2-23-16-6-9-21(10-7-16)18(22)20-12-15-5-8-19-17(11-15)24-13-14-3-4-14/h5,8,11,14,16H,2-4,6-7,9-10,12-13H2,1H3,(H,20,22). The fourth-order valence-electron chi connectivity index (χ4n) is 2.88. The molecule has 2 heterocycles. The highest BCUT2D eigenvalue weighted by atomic mass is 16.5. The molecule has 6 nitrogen and oxygen atoms in total. The topological polar surface area (TPSA) is 63.7 Å². The Morgan fingerprint density at radius 3 is 2.83 bits per heavy atom. The van der Waals surface area contributed by atoms with Crippen LogP contribution in [0.25, 0.3) is 0 Å². The van der Waals surface area contributed by atoms with Crippen molar-refractivity contribution < 1.29 is 14.3 Å². The molecule has 0 aromatic carbocycles. The maximum absolute atomic E-state index is 12.3. The number of pyridine rings is 1. The van der Waals surface area contributed by atoms with E-state index in [0.29, 0.717) is 24.4 Å². The molecule has 0 bridgehead atoms. The summed E-state index contributed by atoms with van der Waals surface area (Å²) < 4.78 is 11.3. The fourth-order valence-corrected chi connectivity index (χ4v) is 2.88. The Labute approximate surface area is 143 Å². The Kier molecular flexibility index (Phi) is 5.91. The first-order valence-corrected chi connectivity index (χ1v) is 8.96. The van der Waals surface area contributed by atoms with E-state index in [4.69, 9.17) is 9.47 Å². The van der Waals surface area contributed by atoms with Crippen molar-refractivity contribution >= 4 is 6.03 Å². The number of carbonyl (C=O) groups is 1. The molecule has 1 aromatic rings. The van der Waals surface area contributed by atoms with Crippen molar-refractivity contribution in [2.45, 2.75) is 45.3 Å². The molecule has 0 atom stereocenters. The number of ether oxygens (including phenoxy) is 2. The van der Waals surface area contributed by atoms with Crippen LogP contribution in [-0.4, -0.2) is 48.3 Å². The largest absolute Gasteiger partial charge is 0.477 e. The molecule has 2 fully saturated rings. The molecule has 1 saturated carbocycles. The smallest absolute Gasteiger partial charge is 0.317 e. The van der Waals surface area contributed by atoms with Crippen LogP contribution in [0.3, 0.4) is 0 Å². The summed E-state index contributed by atoms with van der Waals surface area (Å²) in [4.78, 5) is 18.4. The molecular formula is C18H27N3O3. The fraction of sp³-hybridized carbons (Fsp3) is 0.667. The number of hydrogen-bond acceptors (Lipinski definition) is 4. The van der Waals surface area contributed by atoms with Gasteiger partial charge in [-0.2, -0.15) is 0 Å². The summed E-state index contributed by atoms with van der Waals surface area (Å²) in [5.74, 6) is 1.35. The second kappa shape index (κ2) is 8.33. The number of aromatic nitrogens is 1. The van der Waals surface area contributed by atoms with Crippen LogP contribution in [0.5, 0.6) is 5.88 Å². The number of nitrogens with one attached hydrogen (secondary N) is 1. The molecule has 0 spiro atoms. The van der Waals surface area contributed by atoms with Gasteiger partial charge in [0.15, 0.2) is 0 Å². The van der Waals surface area contributed by atoms with Crippen molar-refractivity contribution in [3.05, 3.63) is 23.9 Å². The molecule has 6 heteroatoms. The third-order valence-electron chi connectivity index (χ3n) is 4.54. The van der Waals surface area contributed by atoms with Gasteiger partial charge in [-0.15, -0.1) is 0 Å². The first-order valence-electron chi connectivity index (χ1n) is 8.96. The van der Waals surface area contributed by atoms with Gasteiger partial charge in [-0.05, 0) is 50.2 Å². The van der Waals surface area contributed by atoms with Crippen molar-refractivity contribution in [2.24, 2.45) is 5.92 Å². The molecule has 24 heavy (non-hydrogen) atoms. The number of piperidine rings is 1. The zero-order valence-corrected chi connectivity index (χ0v) is 14.4. The molecule has 1 saturated heterocycles. The average molecular weight is 333 g/mol. The minimum absolute atomic E-state index is 0.0118. The molecule has 2 amide bonds. The van der Waals surface area contributed by atoms with Gasteiger partial charge in [0, 0.05) is 38.5 Å². The summed E-state index contributed by atoms with van der Waals surface area (Å²) in [7, 11) is 0. The highest BCUT2D eigenvalue weighted by Crippen LogP contribution is 2.29. The van der Waals surface area contributed by atoms with Gasteiger partial charge in [0.25, 0.3) is 0 Å². The lowest BCUT2D eigenvalue weighted by Crippen LogP contribution is -2.45. The maximum Gasteiger partial charge on any atom is 0.317 e. The van der Waals surface area contributed by atoms with E-state index >= 15 is 0 Å². The van der Waals surface area contributed by atoms with Gasteiger partial charge in [-0.3, -0.25) is 0 Å². The lowest BCUT2D eigenvalue weighted by atomic mass is 10.1. The van der Waals surface area contributed by atoms with Crippen molar-refractivity contribution in [3.63, 3.8) is 0 Å². The summed E-state index contributed by atoms with van der Waals surface area (Å²) in [6, 6.07) is 3.80. The molecule has 1 aliphatic carbocycles. The highest BCUT2D eigenvalue weighted by molar-refractivity contribution is 5.74. The molecule has 3 rings (SSSR count). The van der Waals surface area contributed by atoms with Gasteiger partial charge in [-0.25, -0.2) is 9.78 Å². The molecular weight excluding hydrogens is 306 g/mol. The van der Waals surface area contributed by atoms with Gasteiger partial charge in [0.05, 0.1) is 12.7 Å². The third kappa shape index (κ3) is 5.09. The summed E-state index contributed by atoms with van der Waals surface area (Å²) in [5.41, 5.74) is 1.01. The van der Waals surface area contributed by atoms with E-state index in [2.05, 4.69) is 10.3 Å². The summed E-state index contributed by atoms with van der Waals surface area (Å²) in [6.45, 7) is 5.50. The lowest BCUT2D eigenvalue weighted by molar-refractivity contribution is 0.0220. The maximum atomic E-state index is 12.3. The second-order valence-electron chi connectivity index (χ2n) is 6.56. The monoisotopic (exact) mass is 333 g/mol. The first kappa shape index (κ1) is 17.0. The molecule has 132 valence electrons. The van der Waals surface area contributed by atoms with E-state index in [-0.39, 0.29) is 6.03 Å². The van der Waals surface area contributed by atoms with Crippen molar-refractivity contribution in [2.75, 3.05) is 26.3 Å². The van der Waals surface area contributed by atoms with Crippen LogP contribution in [0, 0.1) is 5.92 Å². The molecule has 1 aromatic heterocycles. The summed E-state index contributed by atoms with van der Waals surface area (Å²) >= 11 is 0. The Hall–Kier alpha value is -1.82. The molecule has 0 radical (unpaired) electrons. The van der Waals surface area contributed by atoms with Gasteiger partial charge >= 0.3 is 6.03 Å². The number of urea groups is 1. The number of likely N-dealkylation sites (tertiary alicyclic amines) is 1. The second-order valence-corrected chi connectivity index (χ2v) is 6.56. The van der Waals surface area contributed by atoms with Gasteiger partial charge in [-0.1, -0.05) is 0 Å². The SMILES string of the molecule is CCOC1CCN(C(=O)NCc2ccnc(OCC3CC3)c2)CC1. The average Bonchev–Trinajstić information content (AvgIpc) is 3.44. The lowest BCUT2D eigenvalue weighted by Gasteiger charge is -2.31. The van der Waals surface area contributed by atoms with Crippen molar-refractivity contribution in [3.8, 4) is 5.88 Å². The minimum atomic E-state index is -0.0118. The van der Waals surface area contributed by atoms with Crippen LogP contribution in [0.2, 0.25) is 0 Å². The van der Waals surface area contributed by atoms with Gasteiger partial charge in [0.2, 0.25) is 5.88 Å². The molecule has 0 unspecified atom stereocenters. The van der Waals surface area contributed by atoms with Crippen LogP contribution in [0.1, 0.15) is 38.2 Å². The Morgan fingerprint density at radius 1 is 1.33 bits per heavy atom. The van der Waals surface area contributed by atoms with E-state index in [1.807, 2.05) is 24.0 Å². The van der Waals surface area contributed by atoms with E-state index in [1.165, 1.54) is 12.8 Å². The predicted molar refractivity (Wildman–Crippen MR) is 90.9 cm³/mol. The molecule has 2 aliphatic rings. The number of carbonyl (C=O) groups excluding carboxylic acids is 1. The van der Waals surface area contributed by atoms with Gasteiger partial charge < -0.3 is 19.7 Å². The number of rotatable bonds is 7. The quantitative estimate of drug-likeness (QED) is 0.833. The normalized spacial score (nSPS) is 18.5. The predicted octanol–water partition coefficient (Wildman–Crippen LogP) is 2.58. The minimum Gasteiger partial charge on any atom is -0.477 e. The Morgan fingerprint density at radius 2 is 2.12 bits per heavy atom. The number of nitrogens with zero attached hydrogens (tertiary/aromatic N) is 2. The van der Waals surface area contributed by atoms with Crippen LogP contribution in [0.15, 0.2) is 18.3 Å². The van der Waals surface area contributed by atoms with Crippen LogP contribution >= 0.6 is 0 Å². The summed E-state index contributed by atoms with van der Waals surface area (Å²) in [6.07, 6.45) is 6.37. The first-order chi connectivity index (χ1) is 11.7. The zero-order valence-electron chi connectivity index (χ0n) is 14.4. The highest BCUT2D eigenvalue weighted by Gasteiger charge is 2.23. The number of amides is 2. The van der Waals surface area contributed by atoms with Crippen molar-refractivity contribution in [1.82, 2.24) is 15.2 Å². The van der Waals surface area contributed by atoms with Crippen molar-refractivity contribution in [1.29, 1.82) is 0 Å².